The van der Waals surface area contributed by atoms with Crippen molar-refractivity contribution in [3.8, 4) is 11.5 Å². The van der Waals surface area contributed by atoms with Crippen molar-refractivity contribution in [3.63, 3.8) is 0 Å². The van der Waals surface area contributed by atoms with E-state index in [9.17, 15) is 34.4 Å². The van der Waals surface area contributed by atoms with Gasteiger partial charge in [-0.1, -0.05) is 42.0 Å². The van der Waals surface area contributed by atoms with Crippen LogP contribution in [0.2, 0.25) is 0 Å². The molecule has 0 radical (unpaired) electrons. The van der Waals surface area contributed by atoms with Crippen molar-refractivity contribution in [2.24, 2.45) is 29.1 Å². The molecule has 6 atom stereocenters. The van der Waals surface area contributed by atoms with Gasteiger partial charge in [-0.25, -0.2) is 9.80 Å². The molecule has 4 amide bonds. The number of carbonyl (C=O) groups is 4. The number of carbonyl (C=O) groups excluding carboxylic acids is 4. The van der Waals surface area contributed by atoms with Crippen molar-refractivity contribution in [1.29, 1.82) is 0 Å². The van der Waals surface area contributed by atoms with E-state index in [1.54, 1.807) is 49.4 Å². The number of ether oxygens (including phenoxy) is 1. The summed E-state index contributed by atoms with van der Waals surface area (Å²) in [6.07, 6.45) is 2.32. The first-order chi connectivity index (χ1) is 21.6. The molecule has 2 heterocycles. The summed E-state index contributed by atoms with van der Waals surface area (Å²) in [6.45, 7) is 1.78. The second-order valence-corrected chi connectivity index (χ2v) is 12.2. The number of anilines is 2. The molecule has 2 saturated heterocycles. The number of para-hydroxylation sites is 1. The minimum absolute atomic E-state index is 0.0862. The average molecular weight is 608 g/mol. The van der Waals surface area contributed by atoms with Crippen molar-refractivity contribution in [2.45, 2.75) is 25.7 Å². The lowest BCUT2D eigenvalue weighted by Crippen LogP contribution is -2.48. The third kappa shape index (κ3) is 3.96. The highest BCUT2D eigenvalue weighted by Gasteiger charge is 2.67. The minimum atomic E-state index is -1.24. The van der Waals surface area contributed by atoms with Crippen molar-refractivity contribution >= 4 is 40.7 Å². The third-order valence-corrected chi connectivity index (χ3v) is 10.1. The molecule has 0 spiro atoms. The van der Waals surface area contributed by atoms with Crippen LogP contribution in [0.5, 0.6) is 11.5 Å². The van der Waals surface area contributed by atoms with Crippen LogP contribution in [0.1, 0.15) is 31.2 Å². The summed E-state index contributed by atoms with van der Waals surface area (Å²) in [7, 11) is 1.42. The molecule has 2 aliphatic heterocycles. The number of hydrogen-bond acceptors (Lipinski definition) is 8. The Morgan fingerprint density at radius 3 is 2.33 bits per heavy atom. The summed E-state index contributed by atoms with van der Waals surface area (Å²) in [5.41, 5.74) is 0.500. The number of rotatable bonds is 5. The Hall–Kier alpha value is -5.32. The van der Waals surface area contributed by atoms with Gasteiger partial charge in [0.05, 0.1) is 46.6 Å². The fourth-order valence-corrected chi connectivity index (χ4v) is 8.09. The molecule has 0 bridgehead atoms. The molecule has 3 aromatic rings. The maximum atomic E-state index is 14.4. The van der Waals surface area contributed by atoms with Gasteiger partial charge < -0.3 is 9.84 Å². The number of phenols is 1. The van der Waals surface area contributed by atoms with Crippen LogP contribution in [0.3, 0.4) is 0 Å². The highest BCUT2D eigenvalue weighted by molar-refractivity contribution is 6.25. The molecule has 11 nitrogen and oxygen atoms in total. The van der Waals surface area contributed by atoms with Crippen LogP contribution in [-0.2, 0) is 19.2 Å². The van der Waals surface area contributed by atoms with Gasteiger partial charge in [-0.3, -0.25) is 29.3 Å². The lowest BCUT2D eigenvalue weighted by molar-refractivity contribution is -0.384. The number of phenolic OH excluding ortho intramolecular Hbond substituents is 1. The zero-order valence-corrected chi connectivity index (χ0v) is 24.5. The molecular weight excluding hydrogens is 578 g/mol. The molecule has 228 valence electrons. The molecule has 0 aromatic heterocycles. The largest absolute Gasteiger partial charge is 0.504 e. The SMILES string of the molecule is COc1cc([C@H]2C3=CC[C@@H]4C(=O)N(c5cccc([N+](=O)[O-])c5)C(=O)[C@@H]4[C@@H]3C[C@H]3C(=O)N(c4ccccc4)C(=O)[C@@]23C)ccc1O. The predicted molar refractivity (Wildman–Crippen MR) is 161 cm³/mol. The Kier molecular flexibility index (Phi) is 6.40. The van der Waals surface area contributed by atoms with Gasteiger partial charge in [-0.15, -0.1) is 0 Å². The number of nitro benzene ring substituents is 1. The van der Waals surface area contributed by atoms with Crippen LogP contribution in [-0.4, -0.2) is 40.8 Å². The van der Waals surface area contributed by atoms with Gasteiger partial charge in [0.15, 0.2) is 11.5 Å². The standard InChI is InChI=1S/C34H29N3O8/c1-34-25(31(40)36(33(34)42)19-7-4-3-5-8-19)17-24-22(29(34)18-11-14-26(38)27(15-18)45-2)12-13-23-28(24)32(41)35(30(23)39)20-9-6-10-21(16-20)37(43)44/h3-12,14-16,23-25,28-29,38H,13,17H2,1-2H3/t23-,24+,25-,28-,29-,34+/m0/s1. The van der Waals surface area contributed by atoms with E-state index in [1.807, 2.05) is 6.08 Å². The van der Waals surface area contributed by atoms with E-state index in [2.05, 4.69) is 0 Å². The van der Waals surface area contributed by atoms with Gasteiger partial charge in [0, 0.05) is 18.1 Å². The van der Waals surface area contributed by atoms with Crippen LogP contribution in [0.15, 0.2) is 84.4 Å². The first-order valence-corrected chi connectivity index (χ1v) is 14.7. The van der Waals surface area contributed by atoms with E-state index in [0.717, 1.165) is 10.5 Å². The van der Waals surface area contributed by atoms with Gasteiger partial charge >= 0.3 is 0 Å². The summed E-state index contributed by atoms with van der Waals surface area (Å²) >= 11 is 0. The van der Waals surface area contributed by atoms with Crippen molar-refractivity contribution in [2.75, 3.05) is 16.9 Å². The van der Waals surface area contributed by atoms with Crippen molar-refractivity contribution < 1.29 is 33.9 Å². The number of nitrogens with zero attached hydrogens (tertiary/aromatic N) is 3. The molecule has 0 unspecified atom stereocenters. The van der Waals surface area contributed by atoms with Gasteiger partial charge in [-0.05, 0) is 61.6 Å². The molecule has 2 aliphatic carbocycles. The number of hydrogen-bond donors (Lipinski definition) is 1. The molecule has 3 fully saturated rings. The number of amides is 4. The summed E-state index contributed by atoms with van der Waals surface area (Å²) in [5, 5.41) is 21.8. The van der Waals surface area contributed by atoms with Gasteiger partial charge in [0.1, 0.15) is 0 Å². The molecule has 11 heteroatoms. The normalized spacial score (nSPS) is 28.8. The van der Waals surface area contributed by atoms with E-state index in [0.29, 0.717) is 11.3 Å². The van der Waals surface area contributed by atoms with E-state index in [4.69, 9.17) is 4.74 Å². The number of allylic oxidation sites excluding steroid dienone is 2. The summed E-state index contributed by atoms with van der Waals surface area (Å²) in [6, 6.07) is 19.0. The van der Waals surface area contributed by atoms with Crippen LogP contribution >= 0.6 is 0 Å². The fourth-order valence-electron chi connectivity index (χ4n) is 8.09. The second kappa shape index (κ2) is 10.1. The Morgan fingerprint density at radius 2 is 1.62 bits per heavy atom. The molecule has 7 rings (SSSR count). The maximum absolute atomic E-state index is 14.4. The number of imide groups is 2. The van der Waals surface area contributed by atoms with Crippen molar-refractivity contribution in [1.82, 2.24) is 0 Å². The highest BCUT2D eigenvalue weighted by Crippen LogP contribution is 2.64. The lowest BCUT2D eigenvalue weighted by atomic mass is 9.51. The van der Waals surface area contributed by atoms with Crippen LogP contribution in [0, 0.1) is 39.2 Å². The van der Waals surface area contributed by atoms with Crippen LogP contribution in [0.4, 0.5) is 17.1 Å². The fraction of sp³-hybridized carbons (Fsp3) is 0.294. The molecule has 1 saturated carbocycles. The topological polar surface area (TPSA) is 147 Å². The zero-order valence-electron chi connectivity index (χ0n) is 24.5. The van der Waals surface area contributed by atoms with Gasteiger partial charge in [0.2, 0.25) is 23.6 Å². The quantitative estimate of drug-likeness (QED) is 0.189. The number of aromatic hydroxyl groups is 1. The highest BCUT2D eigenvalue weighted by atomic mass is 16.6. The maximum Gasteiger partial charge on any atom is 0.271 e. The van der Waals surface area contributed by atoms with Gasteiger partial charge in [0.25, 0.3) is 5.69 Å². The number of fused-ring (bicyclic) bond motifs is 4. The smallest absolute Gasteiger partial charge is 0.271 e. The molecular formula is C34H29N3O8. The Labute approximate surface area is 257 Å². The third-order valence-electron chi connectivity index (χ3n) is 10.1. The monoisotopic (exact) mass is 607 g/mol. The van der Waals surface area contributed by atoms with Crippen LogP contribution < -0.4 is 14.5 Å². The predicted octanol–water partition coefficient (Wildman–Crippen LogP) is 4.74. The van der Waals surface area contributed by atoms with Crippen molar-refractivity contribution in [3.05, 3.63) is 100 Å². The molecule has 3 aromatic carbocycles. The summed E-state index contributed by atoms with van der Waals surface area (Å²) in [4.78, 5) is 69.7. The summed E-state index contributed by atoms with van der Waals surface area (Å²) < 4.78 is 5.40. The number of non-ortho nitro benzene ring substituents is 1. The Balaban J connectivity index is 1.36. The van der Waals surface area contributed by atoms with Crippen LogP contribution in [0.25, 0.3) is 0 Å². The average Bonchev–Trinajstić information content (AvgIpc) is 3.41. The minimum Gasteiger partial charge on any atom is -0.504 e. The Morgan fingerprint density at radius 1 is 0.889 bits per heavy atom. The number of methoxy groups -OCH3 is 1. The first-order valence-electron chi connectivity index (χ1n) is 14.7. The van der Waals surface area contributed by atoms with E-state index >= 15 is 0 Å². The zero-order chi connectivity index (χ0) is 31.8. The van der Waals surface area contributed by atoms with Gasteiger partial charge in [-0.2, -0.15) is 0 Å². The first kappa shape index (κ1) is 28.5. The second-order valence-electron chi connectivity index (χ2n) is 12.2. The number of nitro groups is 1. The molecule has 1 N–H and O–H groups in total. The lowest BCUT2D eigenvalue weighted by Gasteiger charge is -2.49. The Bertz CT molecular complexity index is 1840. The number of benzene rings is 3. The van der Waals surface area contributed by atoms with E-state index in [1.165, 1.54) is 42.3 Å². The molecule has 4 aliphatic rings. The summed E-state index contributed by atoms with van der Waals surface area (Å²) in [5.74, 6) is -5.14. The van der Waals surface area contributed by atoms with E-state index < -0.39 is 51.7 Å². The molecule has 45 heavy (non-hydrogen) atoms. The van der Waals surface area contributed by atoms with E-state index in [-0.39, 0.29) is 47.5 Å².